The van der Waals surface area contributed by atoms with E-state index in [-0.39, 0.29) is 24.8 Å². The summed E-state index contributed by atoms with van der Waals surface area (Å²) in [7, 11) is 0. The standard InChI is InChI=1S/C28H29N3O4/c1-3-29-27(33)25-26(35-28(34)31(25)18-21-14-12-19(2)13-15-21)22-10-7-11-23(17-22)30-24(32)16-20-8-5-4-6-9-20/h4-15,17,25-26H,3,16,18H2,1-2H3,(H,29,33)(H,30,32). The molecule has 4 rings (SSSR count). The normalized spacial score (nSPS) is 17.1. The molecule has 1 aliphatic heterocycles. The van der Waals surface area contributed by atoms with E-state index in [0.29, 0.717) is 17.8 Å². The number of rotatable bonds is 8. The molecule has 2 atom stereocenters. The number of hydrogen-bond acceptors (Lipinski definition) is 4. The molecule has 0 aromatic heterocycles. The monoisotopic (exact) mass is 471 g/mol. The Labute approximate surface area is 205 Å². The summed E-state index contributed by atoms with van der Waals surface area (Å²) in [4.78, 5) is 39.9. The second-order valence-corrected chi connectivity index (χ2v) is 8.59. The second kappa shape index (κ2) is 10.9. The van der Waals surface area contributed by atoms with E-state index >= 15 is 0 Å². The molecule has 0 radical (unpaired) electrons. The van der Waals surface area contributed by atoms with Crippen molar-refractivity contribution in [1.29, 1.82) is 0 Å². The minimum Gasteiger partial charge on any atom is -0.438 e. The number of anilines is 1. The Morgan fingerprint density at radius 2 is 1.69 bits per heavy atom. The molecule has 0 aliphatic carbocycles. The maximum absolute atomic E-state index is 13.0. The third kappa shape index (κ3) is 5.87. The molecule has 7 nitrogen and oxygen atoms in total. The fourth-order valence-corrected chi connectivity index (χ4v) is 4.16. The van der Waals surface area contributed by atoms with Crippen molar-refractivity contribution in [1.82, 2.24) is 10.2 Å². The van der Waals surface area contributed by atoms with Gasteiger partial charge in [0.15, 0.2) is 12.1 Å². The summed E-state index contributed by atoms with van der Waals surface area (Å²) in [5, 5.41) is 5.72. The smallest absolute Gasteiger partial charge is 0.411 e. The SMILES string of the molecule is CCNC(=O)C1C(c2cccc(NC(=O)Cc3ccccc3)c2)OC(=O)N1Cc1ccc(C)cc1. The molecule has 180 valence electrons. The molecule has 2 N–H and O–H groups in total. The highest BCUT2D eigenvalue weighted by Crippen LogP contribution is 2.35. The van der Waals surface area contributed by atoms with Gasteiger partial charge in [0, 0.05) is 12.2 Å². The van der Waals surface area contributed by atoms with Crippen molar-refractivity contribution in [3.05, 3.63) is 101 Å². The average Bonchev–Trinajstić information content (AvgIpc) is 3.17. The first-order valence-corrected chi connectivity index (χ1v) is 11.7. The number of carbonyl (C=O) groups is 3. The van der Waals surface area contributed by atoms with Crippen LogP contribution in [0.4, 0.5) is 10.5 Å². The number of ether oxygens (including phenoxy) is 1. The van der Waals surface area contributed by atoms with Crippen LogP contribution in [0.1, 0.15) is 35.3 Å². The number of nitrogens with zero attached hydrogens (tertiary/aromatic N) is 1. The lowest BCUT2D eigenvalue weighted by Gasteiger charge is -2.24. The van der Waals surface area contributed by atoms with Crippen molar-refractivity contribution in [2.75, 3.05) is 11.9 Å². The van der Waals surface area contributed by atoms with E-state index < -0.39 is 18.2 Å². The number of benzene rings is 3. The molecule has 0 spiro atoms. The van der Waals surface area contributed by atoms with Gasteiger partial charge in [0.1, 0.15) is 0 Å². The number of aryl methyl sites for hydroxylation is 1. The first kappa shape index (κ1) is 24.0. The van der Waals surface area contributed by atoms with E-state index in [0.717, 1.165) is 16.7 Å². The number of amides is 3. The van der Waals surface area contributed by atoms with Gasteiger partial charge in [-0.3, -0.25) is 14.5 Å². The number of carbonyl (C=O) groups excluding carboxylic acids is 3. The second-order valence-electron chi connectivity index (χ2n) is 8.59. The highest BCUT2D eigenvalue weighted by Gasteiger charge is 2.46. The van der Waals surface area contributed by atoms with Crippen LogP contribution in [0.5, 0.6) is 0 Å². The first-order valence-electron chi connectivity index (χ1n) is 11.7. The summed E-state index contributed by atoms with van der Waals surface area (Å²) in [5.74, 6) is -0.438. The fourth-order valence-electron chi connectivity index (χ4n) is 4.16. The van der Waals surface area contributed by atoms with Crippen molar-refractivity contribution < 1.29 is 19.1 Å². The van der Waals surface area contributed by atoms with Gasteiger partial charge in [-0.25, -0.2) is 4.79 Å². The summed E-state index contributed by atoms with van der Waals surface area (Å²) in [6.45, 7) is 4.51. The first-order chi connectivity index (χ1) is 16.9. The number of likely N-dealkylation sites (N-methyl/N-ethyl adjacent to an activating group) is 1. The number of nitrogens with one attached hydrogen (secondary N) is 2. The van der Waals surface area contributed by atoms with Crippen LogP contribution < -0.4 is 10.6 Å². The molecule has 7 heteroatoms. The summed E-state index contributed by atoms with van der Waals surface area (Å²) in [6, 6.07) is 23.6. The van der Waals surface area contributed by atoms with E-state index in [1.165, 1.54) is 4.90 Å². The Bertz CT molecular complexity index is 1190. The molecule has 3 amide bonds. The fraction of sp³-hybridized carbons (Fsp3) is 0.250. The minimum absolute atomic E-state index is 0.155. The molecule has 3 aromatic rings. The maximum Gasteiger partial charge on any atom is 0.411 e. The van der Waals surface area contributed by atoms with E-state index in [4.69, 9.17) is 4.74 Å². The molecule has 2 unspecified atom stereocenters. The van der Waals surface area contributed by atoms with Gasteiger partial charge < -0.3 is 15.4 Å². The van der Waals surface area contributed by atoms with Gasteiger partial charge >= 0.3 is 6.09 Å². The highest BCUT2D eigenvalue weighted by molar-refractivity contribution is 5.92. The summed E-state index contributed by atoms with van der Waals surface area (Å²) >= 11 is 0. The zero-order valence-corrected chi connectivity index (χ0v) is 19.9. The van der Waals surface area contributed by atoms with Crippen molar-refractivity contribution in [2.45, 2.75) is 39.0 Å². The van der Waals surface area contributed by atoms with Crippen molar-refractivity contribution in [2.24, 2.45) is 0 Å². The zero-order chi connectivity index (χ0) is 24.8. The van der Waals surface area contributed by atoms with Crippen molar-refractivity contribution in [3.63, 3.8) is 0 Å². The van der Waals surface area contributed by atoms with E-state index in [1.807, 2.05) is 68.4 Å². The lowest BCUT2D eigenvalue weighted by molar-refractivity contribution is -0.126. The van der Waals surface area contributed by atoms with Gasteiger partial charge in [0.25, 0.3) is 0 Å². The molecule has 0 bridgehead atoms. The number of hydrogen-bond donors (Lipinski definition) is 2. The van der Waals surface area contributed by atoms with Crippen LogP contribution in [-0.2, 0) is 27.3 Å². The summed E-state index contributed by atoms with van der Waals surface area (Å²) in [6.07, 6.45) is -1.11. The zero-order valence-electron chi connectivity index (χ0n) is 19.9. The Morgan fingerprint density at radius 1 is 0.943 bits per heavy atom. The molecule has 1 fully saturated rings. The molecule has 1 saturated heterocycles. The van der Waals surface area contributed by atoms with E-state index in [2.05, 4.69) is 10.6 Å². The topological polar surface area (TPSA) is 87.7 Å². The van der Waals surface area contributed by atoms with E-state index in [1.54, 1.807) is 24.3 Å². The molecule has 3 aromatic carbocycles. The third-order valence-corrected chi connectivity index (χ3v) is 5.88. The number of cyclic esters (lactones) is 1. The quantitative estimate of drug-likeness (QED) is 0.511. The van der Waals surface area contributed by atoms with Gasteiger partial charge in [-0.15, -0.1) is 0 Å². The summed E-state index contributed by atoms with van der Waals surface area (Å²) in [5.41, 5.74) is 4.14. The van der Waals surface area contributed by atoms with Gasteiger partial charge in [-0.1, -0.05) is 72.3 Å². The molecule has 1 aliphatic rings. The maximum atomic E-state index is 13.0. The van der Waals surface area contributed by atoms with Gasteiger partial charge in [0.2, 0.25) is 11.8 Å². The Hall–Kier alpha value is -4.13. The lowest BCUT2D eigenvalue weighted by Crippen LogP contribution is -2.46. The van der Waals surface area contributed by atoms with Crippen LogP contribution in [0, 0.1) is 6.92 Å². The van der Waals surface area contributed by atoms with Crippen LogP contribution in [0.3, 0.4) is 0 Å². The Morgan fingerprint density at radius 3 is 2.40 bits per heavy atom. The molecule has 1 heterocycles. The minimum atomic E-state index is -0.834. The van der Waals surface area contributed by atoms with Crippen molar-refractivity contribution in [3.8, 4) is 0 Å². The predicted octanol–water partition coefficient (Wildman–Crippen LogP) is 4.37. The van der Waals surface area contributed by atoms with Gasteiger partial charge in [0.05, 0.1) is 13.0 Å². The third-order valence-electron chi connectivity index (χ3n) is 5.88. The molecule has 35 heavy (non-hydrogen) atoms. The van der Waals surface area contributed by atoms with Crippen LogP contribution in [-0.4, -0.2) is 35.4 Å². The molecular weight excluding hydrogens is 442 g/mol. The van der Waals surface area contributed by atoms with Gasteiger partial charge in [-0.2, -0.15) is 0 Å². The lowest BCUT2D eigenvalue weighted by atomic mass is 10.00. The van der Waals surface area contributed by atoms with E-state index in [9.17, 15) is 14.4 Å². The highest BCUT2D eigenvalue weighted by atomic mass is 16.6. The van der Waals surface area contributed by atoms with Crippen LogP contribution in [0.2, 0.25) is 0 Å². The van der Waals surface area contributed by atoms with Gasteiger partial charge in [-0.05, 0) is 42.7 Å². The molecular formula is C28H29N3O4. The molecule has 0 saturated carbocycles. The van der Waals surface area contributed by atoms with Crippen LogP contribution in [0.25, 0.3) is 0 Å². The summed E-state index contributed by atoms with van der Waals surface area (Å²) < 4.78 is 5.71. The Balaban J connectivity index is 1.55. The average molecular weight is 472 g/mol. The predicted molar refractivity (Wildman–Crippen MR) is 134 cm³/mol. The van der Waals surface area contributed by atoms with Crippen LogP contribution in [0.15, 0.2) is 78.9 Å². The largest absolute Gasteiger partial charge is 0.438 e. The van der Waals surface area contributed by atoms with Crippen LogP contribution >= 0.6 is 0 Å². The Kier molecular flexibility index (Phi) is 7.45. The van der Waals surface area contributed by atoms with Crippen molar-refractivity contribution >= 4 is 23.6 Å².